The van der Waals surface area contributed by atoms with Crippen molar-refractivity contribution in [2.45, 2.75) is 0 Å². The number of fused-ring (bicyclic) bond motifs is 45. The zero-order valence-electron chi connectivity index (χ0n) is 75.6. The fourth-order valence-electron chi connectivity index (χ4n) is 23.9. The van der Waals surface area contributed by atoms with Gasteiger partial charge in [0.15, 0.2) is 0 Å². The zero-order chi connectivity index (χ0) is 91.9. The van der Waals surface area contributed by atoms with Gasteiger partial charge < -0.3 is 27.4 Å². The minimum atomic E-state index is 0.915. The Morgan fingerprint density at radius 1 is 0.142 bits per heavy atom. The first-order valence-electron chi connectivity index (χ1n) is 48.0. The predicted octanol–water partition coefficient (Wildman–Crippen LogP) is 31.8. The lowest BCUT2D eigenvalue weighted by atomic mass is 10.0. The van der Waals surface area contributed by atoms with E-state index in [4.69, 9.17) is 24.9 Å². The molecule has 0 radical (unpaired) electrons. The van der Waals surface area contributed by atoms with Crippen molar-refractivity contribution in [2.24, 2.45) is 0 Å². The number of pyridine rings is 5. The fraction of sp³-hybridized carbons (Fsp3) is 0. The van der Waals surface area contributed by atoms with Gasteiger partial charge in [0, 0.05) is 143 Å². The summed E-state index contributed by atoms with van der Waals surface area (Å²) in [7, 11) is 0. The van der Waals surface area contributed by atoms with Gasteiger partial charge in [-0.05, 0) is 223 Å². The number of rotatable bonds is 6. The third-order valence-corrected chi connectivity index (χ3v) is 29.6. The van der Waals surface area contributed by atoms with E-state index in [-0.39, 0.29) is 0 Å². The van der Waals surface area contributed by atoms with Gasteiger partial charge in [0.1, 0.15) is 22.6 Å². The third-order valence-electron chi connectivity index (χ3n) is 29.6. The summed E-state index contributed by atoms with van der Waals surface area (Å²) in [6.07, 6.45) is 3.78. The van der Waals surface area contributed by atoms with Crippen LogP contribution in [-0.2, 0) is 0 Å². The Hall–Kier alpha value is -19.3. The molecular formula is C127H76N14. The number of benzene rings is 19. The zero-order valence-corrected chi connectivity index (χ0v) is 75.6. The average molecular weight is 1800 g/mol. The van der Waals surface area contributed by atoms with Gasteiger partial charge >= 0.3 is 0 Å². The summed E-state index contributed by atoms with van der Waals surface area (Å²) >= 11 is 0. The van der Waals surface area contributed by atoms with Crippen molar-refractivity contribution in [2.75, 3.05) is 0 Å². The molecule has 0 N–H and O–H groups in total. The van der Waals surface area contributed by atoms with Gasteiger partial charge in [0.05, 0.1) is 116 Å². The van der Waals surface area contributed by atoms with Crippen LogP contribution in [-0.4, -0.2) is 65.5 Å². The molecule has 33 aromatic rings. The van der Waals surface area contributed by atoms with Crippen LogP contribution in [0.1, 0.15) is 0 Å². The van der Waals surface area contributed by atoms with E-state index in [9.17, 15) is 0 Å². The highest BCUT2D eigenvalue weighted by Crippen LogP contribution is 2.51. The van der Waals surface area contributed by atoms with Crippen LogP contribution in [0.25, 0.3) is 280 Å². The molecule has 0 fully saturated rings. The normalized spacial score (nSPS) is 12.3. The summed E-state index contributed by atoms with van der Waals surface area (Å²) in [6.45, 7) is 0. The van der Waals surface area contributed by atoms with Crippen LogP contribution in [0.2, 0.25) is 0 Å². The number of para-hydroxylation sites is 16. The molecule has 14 aromatic heterocycles. The second-order valence-electron chi connectivity index (χ2n) is 36.9. The highest BCUT2D eigenvalue weighted by Gasteiger charge is 2.30. The van der Waals surface area contributed by atoms with E-state index in [1.165, 1.54) is 131 Å². The van der Waals surface area contributed by atoms with Crippen molar-refractivity contribution in [3.63, 3.8) is 0 Å². The molecule has 0 saturated heterocycles. The molecule has 0 saturated carbocycles. The maximum Gasteiger partial charge on any atom is 0.147 e. The molecule has 0 bridgehead atoms. The Morgan fingerprint density at radius 3 is 0.816 bits per heavy atom. The van der Waals surface area contributed by atoms with E-state index in [0.717, 1.165) is 150 Å². The summed E-state index contributed by atoms with van der Waals surface area (Å²) in [5.41, 5.74) is 34.2. The lowest BCUT2D eigenvalue weighted by Crippen LogP contribution is -1.96. The fourth-order valence-corrected chi connectivity index (χ4v) is 23.9. The van der Waals surface area contributed by atoms with Gasteiger partial charge in [-0.15, -0.1) is 0 Å². The molecule has 19 aromatic carbocycles. The molecule has 0 spiro atoms. The van der Waals surface area contributed by atoms with Crippen LogP contribution in [0.15, 0.2) is 461 Å². The average Bonchev–Trinajstić information content (AvgIpc) is 1.54. The van der Waals surface area contributed by atoms with Crippen LogP contribution in [0, 0.1) is 0 Å². The van der Waals surface area contributed by atoms with E-state index in [1.807, 2.05) is 24.5 Å². The third kappa shape index (κ3) is 10.9. The molecule has 0 aliphatic carbocycles. The summed E-state index contributed by atoms with van der Waals surface area (Å²) in [6, 6.07) is 161. The molecule has 0 aliphatic heterocycles. The number of hydrogen-bond donors (Lipinski definition) is 0. The molecular weight excluding hydrogens is 1720 g/mol. The Morgan fingerprint density at radius 2 is 0.418 bits per heavy atom. The van der Waals surface area contributed by atoms with Crippen molar-refractivity contribution in [3.05, 3.63) is 461 Å². The SMILES string of the molecule is c1ccc(-n2c3cc4c(cc3c3c2ccc2c5ccccc5n(-c5ccccc5)c23)c2ccccc2n2c3ccccc3nc42)cc1.c1ccc(-n2c3cc4c(cc3c3c2ccc2c5ccccc5n(-c5ccccc5)c23)c2cccnc2n2c3ccccc3nc42)cc1.c1ccc(-n2c3cc4c(cc3c3c2ccc2c5ccccc5n(-c5ccccc5)c23)c2ncccc2n2c3ccccc3nc42)cc1. The van der Waals surface area contributed by atoms with Crippen LogP contribution in [0.3, 0.4) is 0 Å². The summed E-state index contributed by atoms with van der Waals surface area (Å²) in [4.78, 5) is 25.6. The molecule has 0 amide bonds. The van der Waals surface area contributed by atoms with Crippen LogP contribution >= 0.6 is 0 Å². The molecule has 0 atom stereocenters. The summed E-state index contributed by atoms with van der Waals surface area (Å²) in [5.74, 6) is 0. The smallest absolute Gasteiger partial charge is 0.147 e. The van der Waals surface area contributed by atoms with E-state index in [2.05, 4.69) is 477 Å². The standard InChI is InChI=1S/C43H26N4.2C42H25N5/c1-3-13-27(14-4-1)45-39-24-23-31-29-17-7-10-20-36(29)46(28-15-5-2-6-16-28)42(31)41(39)34-25-32-30-18-8-11-21-37(30)47-38-22-12-9-19-35(38)44-43(47)33(32)26-40(34)45;1-3-12-26(13-4-1)45-37-22-21-29-28-16-7-9-19-35(28)46(27-14-5-2-6-15-27)40(29)39(37)33-24-31-30-17-11-23-43-41(30)47-36-20-10-8-18-34(36)44-42(47)32(31)25-38(33)45;1-3-12-26(13-4-1)45-36-22-21-29-28-16-7-9-18-34(28)46(27-14-5-2-6-15-27)41(29)39(36)32-24-30-31(25-38(32)45)42-44-33-17-8-10-19-35(33)47(42)37-20-11-23-43-40(30)37/h1-26H;2*1-25H. The number of imidazole rings is 3. The van der Waals surface area contributed by atoms with Crippen molar-refractivity contribution in [3.8, 4) is 34.1 Å². The molecule has 14 heteroatoms. The Balaban J connectivity index is 0.0000000972. The first kappa shape index (κ1) is 77.0. The molecule has 0 aliphatic rings. The van der Waals surface area contributed by atoms with Gasteiger partial charge in [-0.3, -0.25) is 18.2 Å². The Kier molecular flexibility index (Phi) is 16.2. The lowest BCUT2D eigenvalue weighted by molar-refractivity contribution is 1.17. The number of aromatic nitrogens is 14. The van der Waals surface area contributed by atoms with Crippen LogP contribution in [0.4, 0.5) is 0 Å². The number of hydrogen-bond acceptors (Lipinski definition) is 5. The molecule has 0 unspecified atom stereocenters. The number of nitrogens with zero attached hydrogens (tertiary/aromatic N) is 14. The second-order valence-corrected chi connectivity index (χ2v) is 36.9. The van der Waals surface area contributed by atoms with Gasteiger partial charge in [-0.25, -0.2) is 19.9 Å². The minimum absolute atomic E-state index is 0.915. The molecule has 14 heterocycles. The van der Waals surface area contributed by atoms with Crippen molar-refractivity contribution >= 4 is 246 Å². The summed E-state index contributed by atoms with van der Waals surface area (Å²) in [5, 5.41) is 23.9. The maximum atomic E-state index is 5.24. The van der Waals surface area contributed by atoms with E-state index in [0.29, 0.717) is 0 Å². The van der Waals surface area contributed by atoms with Crippen LogP contribution < -0.4 is 0 Å². The Bertz CT molecular complexity index is 10200. The van der Waals surface area contributed by atoms with E-state index < -0.39 is 0 Å². The van der Waals surface area contributed by atoms with Gasteiger partial charge in [-0.2, -0.15) is 0 Å². The maximum absolute atomic E-state index is 5.24. The largest absolute Gasteiger partial charge is 0.309 e. The second kappa shape index (κ2) is 29.6. The Labute approximate surface area is 801 Å². The predicted molar refractivity (Wildman–Crippen MR) is 585 cm³/mol. The van der Waals surface area contributed by atoms with Gasteiger partial charge in [-0.1, -0.05) is 237 Å². The highest BCUT2D eigenvalue weighted by molar-refractivity contribution is 6.34. The summed E-state index contributed by atoms with van der Waals surface area (Å²) < 4.78 is 21.4. The topological polar surface area (TPSA) is 107 Å². The van der Waals surface area contributed by atoms with E-state index in [1.54, 1.807) is 0 Å². The first-order valence-corrected chi connectivity index (χ1v) is 48.0. The lowest BCUT2D eigenvalue weighted by Gasteiger charge is -2.11. The molecule has 33 rings (SSSR count). The van der Waals surface area contributed by atoms with Crippen molar-refractivity contribution < 1.29 is 0 Å². The minimum Gasteiger partial charge on any atom is -0.309 e. The van der Waals surface area contributed by atoms with Gasteiger partial charge in [0.25, 0.3) is 0 Å². The van der Waals surface area contributed by atoms with Crippen LogP contribution in [0.5, 0.6) is 0 Å². The quantitative estimate of drug-likeness (QED) is 0.154. The molecule has 14 nitrogen and oxygen atoms in total. The monoisotopic (exact) mass is 1800 g/mol. The van der Waals surface area contributed by atoms with Crippen molar-refractivity contribution in [1.82, 2.24) is 65.5 Å². The first-order chi connectivity index (χ1) is 70.0. The van der Waals surface area contributed by atoms with Crippen molar-refractivity contribution in [1.29, 1.82) is 0 Å². The highest BCUT2D eigenvalue weighted by atomic mass is 15.1. The van der Waals surface area contributed by atoms with E-state index >= 15 is 0 Å². The molecule has 654 valence electrons. The van der Waals surface area contributed by atoms with Gasteiger partial charge in [0.2, 0.25) is 0 Å². The molecule has 141 heavy (non-hydrogen) atoms.